The molecule has 0 unspecified atom stereocenters. The average Bonchev–Trinajstić information content (AvgIpc) is 2.70. The summed E-state index contributed by atoms with van der Waals surface area (Å²) in [5, 5.41) is 12.1. The summed E-state index contributed by atoms with van der Waals surface area (Å²) in [6.45, 7) is 0. The van der Waals surface area contributed by atoms with E-state index >= 15 is 0 Å². The van der Waals surface area contributed by atoms with Gasteiger partial charge in [0.05, 0.1) is 12.4 Å². The van der Waals surface area contributed by atoms with Crippen molar-refractivity contribution in [1.82, 2.24) is 9.97 Å². The van der Waals surface area contributed by atoms with E-state index in [0.717, 1.165) is 11.1 Å². The van der Waals surface area contributed by atoms with Crippen molar-refractivity contribution in [3.8, 4) is 0 Å². The summed E-state index contributed by atoms with van der Waals surface area (Å²) in [6, 6.07) is 19.3. The van der Waals surface area contributed by atoms with Gasteiger partial charge in [0.15, 0.2) is 17.3 Å². The van der Waals surface area contributed by atoms with Gasteiger partial charge in [-0.2, -0.15) is 10.2 Å². The molecular formula is C19H17N7. The van der Waals surface area contributed by atoms with E-state index in [1.54, 1.807) is 18.6 Å². The minimum Gasteiger partial charge on any atom is -0.380 e. The third-order valence-corrected chi connectivity index (χ3v) is 3.30. The molecular weight excluding hydrogens is 326 g/mol. The van der Waals surface area contributed by atoms with Crippen LogP contribution in [0.5, 0.6) is 0 Å². The van der Waals surface area contributed by atoms with Crippen molar-refractivity contribution in [3.63, 3.8) is 0 Å². The van der Waals surface area contributed by atoms with Gasteiger partial charge in [0.2, 0.25) is 0 Å². The van der Waals surface area contributed by atoms with E-state index in [1.807, 2.05) is 60.7 Å². The molecule has 1 aromatic heterocycles. The summed E-state index contributed by atoms with van der Waals surface area (Å²) in [4.78, 5) is 8.40. The molecule has 0 amide bonds. The molecule has 0 saturated heterocycles. The Morgan fingerprint density at radius 3 is 2.15 bits per heavy atom. The van der Waals surface area contributed by atoms with Crippen LogP contribution in [0.15, 0.2) is 88.4 Å². The number of benzene rings is 2. The van der Waals surface area contributed by atoms with Gasteiger partial charge in [0.25, 0.3) is 0 Å². The predicted molar refractivity (Wildman–Crippen MR) is 104 cm³/mol. The average molecular weight is 343 g/mol. The van der Waals surface area contributed by atoms with Crippen LogP contribution >= 0.6 is 0 Å². The highest BCUT2D eigenvalue weighted by Gasteiger charge is 2.08. The van der Waals surface area contributed by atoms with Crippen molar-refractivity contribution in [1.29, 1.82) is 0 Å². The molecule has 3 rings (SSSR count). The topological polar surface area (TPSA) is 101 Å². The van der Waals surface area contributed by atoms with Crippen molar-refractivity contribution >= 4 is 24.1 Å². The summed E-state index contributed by atoms with van der Waals surface area (Å²) < 4.78 is 0. The van der Waals surface area contributed by atoms with Crippen molar-refractivity contribution in [2.75, 3.05) is 5.43 Å². The first-order chi connectivity index (χ1) is 12.8. The van der Waals surface area contributed by atoms with Crippen LogP contribution in [0, 0.1) is 0 Å². The molecule has 26 heavy (non-hydrogen) atoms. The lowest BCUT2D eigenvalue weighted by atomic mass is 10.2. The zero-order chi connectivity index (χ0) is 18.0. The van der Waals surface area contributed by atoms with E-state index < -0.39 is 0 Å². The number of nitrogens with one attached hydrogen (secondary N) is 1. The van der Waals surface area contributed by atoms with Crippen molar-refractivity contribution < 1.29 is 0 Å². The van der Waals surface area contributed by atoms with Crippen LogP contribution in [-0.2, 0) is 0 Å². The third-order valence-electron chi connectivity index (χ3n) is 3.30. The second-order valence-corrected chi connectivity index (χ2v) is 5.17. The maximum atomic E-state index is 5.98. The minimum absolute atomic E-state index is 0.141. The van der Waals surface area contributed by atoms with E-state index in [-0.39, 0.29) is 5.84 Å². The van der Waals surface area contributed by atoms with E-state index in [9.17, 15) is 0 Å². The number of rotatable bonds is 6. The van der Waals surface area contributed by atoms with Crippen LogP contribution in [0.4, 0.5) is 5.82 Å². The molecule has 7 heteroatoms. The molecule has 0 aliphatic rings. The van der Waals surface area contributed by atoms with Gasteiger partial charge >= 0.3 is 0 Å². The highest BCUT2D eigenvalue weighted by molar-refractivity contribution is 6.00. The minimum atomic E-state index is 0.141. The molecule has 3 N–H and O–H groups in total. The van der Waals surface area contributed by atoms with E-state index in [2.05, 4.69) is 30.7 Å². The van der Waals surface area contributed by atoms with E-state index in [0.29, 0.717) is 11.5 Å². The quantitative estimate of drug-likeness (QED) is 0.408. The smallest absolute Gasteiger partial charge is 0.176 e. The zero-order valence-corrected chi connectivity index (χ0v) is 13.9. The third kappa shape index (κ3) is 4.81. The fourth-order valence-electron chi connectivity index (χ4n) is 2.06. The number of anilines is 1. The maximum Gasteiger partial charge on any atom is 0.176 e. The highest BCUT2D eigenvalue weighted by Crippen LogP contribution is 2.08. The Morgan fingerprint density at radius 2 is 1.46 bits per heavy atom. The Morgan fingerprint density at radius 1 is 0.846 bits per heavy atom. The highest BCUT2D eigenvalue weighted by atomic mass is 15.3. The lowest BCUT2D eigenvalue weighted by Crippen LogP contribution is -2.17. The molecule has 0 spiro atoms. The van der Waals surface area contributed by atoms with Gasteiger partial charge in [-0.15, -0.1) is 5.10 Å². The standard InChI is InChI=1S/C19H17N7/c20-18(25-23-13-15-7-3-1-4-8-15)17-19(22-12-11-21-17)26-24-14-16-9-5-2-6-10-16/h1-14H,(H2,20,25)(H,22,26)/b23-13-,24-14+. The Bertz CT molecular complexity index is 919. The molecule has 0 aliphatic heterocycles. The van der Waals surface area contributed by atoms with Gasteiger partial charge < -0.3 is 5.73 Å². The van der Waals surface area contributed by atoms with Gasteiger partial charge in [0, 0.05) is 12.4 Å². The van der Waals surface area contributed by atoms with Gasteiger partial charge in [-0.3, -0.25) is 5.43 Å². The van der Waals surface area contributed by atoms with Crippen molar-refractivity contribution in [3.05, 3.63) is 89.9 Å². The van der Waals surface area contributed by atoms with Crippen LogP contribution < -0.4 is 11.2 Å². The van der Waals surface area contributed by atoms with Crippen LogP contribution in [0.3, 0.4) is 0 Å². The molecule has 3 aromatic rings. The number of hydrogen-bond donors (Lipinski definition) is 2. The lowest BCUT2D eigenvalue weighted by molar-refractivity contribution is 1.12. The predicted octanol–water partition coefficient (Wildman–Crippen LogP) is 2.66. The number of amidine groups is 1. The molecule has 0 radical (unpaired) electrons. The monoisotopic (exact) mass is 343 g/mol. The second kappa shape index (κ2) is 8.84. The number of nitrogens with two attached hydrogens (primary N) is 1. The fourth-order valence-corrected chi connectivity index (χ4v) is 2.06. The van der Waals surface area contributed by atoms with Crippen molar-refractivity contribution in [2.24, 2.45) is 21.0 Å². The first-order valence-corrected chi connectivity index (χ1v) is 7.90. The number of aromatic nitrogens is 2. The first kappa shape index (κ1) is 17.0. The normalized spacial score (nSPS) is 11.9. The Hall–Kier alpha value is -3.87. The van der Waals surface area contributed by atoms with E-state index in [1.165, 1.54) is 6.20 Å². The molecule has 7 nitrogen and oxygen atoms in total. The van der Waals surface area contributed by atoms with Crippen LogP contribution in [-0.4, -0.2) is 28.2 Å². The van der Waals surface area contributed by atoms with Crippen LogP contribution in [0.1, 0.15) is 16.8 Å². The first-order valence-electron chi connectivity index (χ1n) is 7.90. The zero-order valence-electron chi connectivity index (χ0n) is 13.9. The van der Waals surface area contributed by atoms with Gasteiger partial charge in [-0.25, -0.2) is 9.97 Å². The number of nitrogens with zero attached hydrogens (tertiary/aromatic N) is 5. The summed E-state index contributed by atoms with van der Waals surface area (Å²) in [7, 11) is 0. The Balaban J connectivity index is 1.72. The Kier molecular flexibility index (Phi) is 5.77. The Labute approximate surface area is 151 Å². The molecule has 1 heterocycles. The summed E-state index contributed by atoms with van der Waals surface area (Å²) >= 11 is 0. The van der Waals surface area contributed by atoms with Gasteiger partial charge in [-0.05, 0) is 11.1 Å². The molecule has 0 aliphatic carbocycles. The van der Waals surface area contributed by atoms with Crippen molar-refractivity contribution in [2.45, 2.75) is 0 Å². The number of hydrogen-bond acceptors (Lipinski definition) is 6. The molecule has 0 atom stereocenters. The van der Waals surface area contributed by atoms with Crippen LogP contribution in [0.2, 0.25) is 0 Å². The second-order valence-electron chi connectivity index (χ2n) is 5.17. The largest absolute Gasteiger partial charge is 0.380 e. The molecule has 0 bridgehead atoms. The molecule has 0 saturated carbocycles. The molecule has 128 valence electrons. The van der Waals surface area contributed by atoms with Gasteiger partial charge in [-0.1, -0.05) is 60.7 Å². The molecule has 0 fully saturated rings. The maximum absolute atomic E-state index is 5.98. The number of hydrazone groups is 1. The van der Waals surface area contributed by atoms with Gasteiger partial charge in [0.1, 0.15) is 0 Å². The molecule has 2 aromatic carbocycles. The van der Waals surface area contributed by atoms with E-state index in [4.69, 9.17) is 5.73 Å². The van der Waals surface area contributed by atoms with Crippen LogP contribution in [0.25, 0.3) is 0 Å². The SMILES string of the molecule is N/C(=N/N=C\c1ccccc1)c1nccnc1N/N=C/c1ccccc1. The summed E-state index contributed by atoms with van der Waals surface area (Å²) in [5.74, 6) is 0.540. The fraction of sp³-hybridized carbons (Fsp3) is 0. The summed E-state index contributed by atoms with van der Waals surface area (Å²) in [6.07, 6.45) is 6.37. The summed E-state index contributed by atoms with van der Waals surface area (Å²) in [5.41, 5.74) is 11.1. The lowest BCUT2D eigenvalue weighted by Gasteiger charge is -2.04.